The molecule has 9 nitrogen and oxygen atoms in total. The Balaban J connectivity index is 1.56. The first-order chi connectivity index (χ1) is 16.9. The summed E-state index contributed by atoms with van der Waals surface area (Å²) in [5.41, 5.74) is 2.19. The van der Waals surface area contributed by atoms with Gasteiger partial charge in [0, 0.05) is 35.8 Å². The molecule has 1 aromatic heterocycles. The number of anilines is 5. The van der Waals surface area contributed by atoms with Gasteiger partial charge in [-0.25, -0.2) is 4.98 Å². The van der Waals surface area contributed by atoms with Crippen molar-refractivity contribution in [2.24, 2.45) is 0 Å². The van der Waals surface area contributed by atoms with Crippen molar-refractivity contribution in [1.29, 1.82) is 0 Å². The van der Waals surface area contributed by atoms with Crippen molar-refractivity contribution in [1.82, 2.24) is 14.9 Å². The first kappa shape index (κ1) is 25.2. The van der Waals surface area contributed by atoms with Crippen LogP contribution in [0.4, 0.5) is 28.8 Å². The number of ether oxygens (including phenoxy) is 1. The van der Waals surface area contributed by atoms with Crippen molar-refractivity contribution in [2.75, 3.05) is 49.3 Å². The lowest BCUT2D eigenvalue weighted by molar-refractivity contribution is 0.315. The van der Waals surface area contributed by atoms with E-state index in [9.17, 15) is 8.76 Å². The highest BCUT2D eigenvalue weighted by atomic mass is 35.5. The topological polar surface area (TPSA) is 106 Å². The molecule has 1 fully saturated rings. The van der Waals surface area contributed by atoms with Crippen molar-refractivity contribution in [3.8, 4) is 5.75 Å². The molecule has 0 saturated carbocycles. The average molecular weight is 516 g/mol. The minimum absolute atomic E-state index is 0.115. The number of aromatic nitrogens is 2. The molecule has 11 heteroatoms. The third-order valence-electron chi connectivity index (χ3n) is 5.83. The predicted molar refractivity (Wildman–Crippen MR) is 139 cm³/mol. The molecule has 1 aliphatic heterocycles. The zero-order valence-electron chi connectivity index (χ0n) is 19.8. The molecule has 0 spiro atoms. The minimum atomic E-state index is -2.41. The molecular formula is C24H28ClN6O3S-. The van der Waals surface area contributed by atoms with Crippen LogP contribution in [-0.2, 0) is 11.1 Å². The summed E-state index contributed by atoms with van der Waals surface area (Å²) in [5, 5.41) is 6.44. The maximum atomic E-state index is 11.5. The smallest absolute Gasteiger partial charge is 0.229 e. The van der Waals surface area contributed by atoms with Crippen LogP contribution in [0.15, 0.2) is 53.6 Å². The fourth-order valence-corrected chi connectivity index (χ4v) is 4.59. The van der Waals surface area contributed by atoms with Crippen molar-refractivity contribution in [3.63, 3.8) is 0 Å². The number of nitrogens with zero attached hydrogens (tertiary/aromatic N) is 4. The van der Waals surface area contributed by atoms with Crippen molar-refractivity contribution >= 4 is 51.5 Å². The van der Waals surface area contributed by atoms with Gasteiger partial charge < -0.3 is 29.7 Å². The van der Waals surface area contributed by atoms with E-state index in [2.05, 4.69) is 50.6 Å². The predicted octanol–water partition coefficient (Wildman–Crippen LogP) is 4.39. The van der Waals surface area contributed by atoms with E-state index in [1.807, 2.05) is 19.1 Å². The Morgan fingerprint density at radius 1 is 1.23 bits per heavy atom. The lowest BCUT2D eigenvalue weighted by atomic mass is 10.2. The number of hydrogen-bond donors (Lipinski definition) is 2. The molecule has 0 amide bonds. The molecule has 2 aromatic carbocycles. The van der Waals surface area contributed by atoms with Gasteiger partial charge in [-0.3, -0.25) is 4.21 Å². The molecule has 1 saturated heterocycles. The second-order valence-corrected chi connectivity index (χ2v) is 9.65. The first-order valence-corrected chi connectivity index (χ1v) is 12.7. The molecule has 3 aromatic rings. The van der Waals surface area contributed by atoms with Crippen LogP contribution in [0.1, 0.15) is 13.3 Å². The van der Waals surface area contributed by atoms with Crippen LogP contribution >= 0.6 is 11.6 Å². The highest BCUT2D eigenvalue weighted by Crippen LogP contribution is 2.34. The molecule has 186 valence electrons. The molecular weight excluding hydrogens is 488 g/mol. The normalized spacial score (nSPS) is 16.4. The Kier molecular flexibility index (Phi) is 8.07. The van der Waals surface area contributed by atoms with Crippen LogP contribution < -0.4 is 20.3 Å². The van der Waals surface area contributed by atoms with E-state index in [-0.39, 0.29) is 15.7 Å². The molecule has 35 heavy (non-hydrogen) atoms. The van der Waals surface area contributed by atoms with Gasteiger partial charge in [-0.2, -0.15) is 4.98 Å². The van der Waals surface area contributed by atoms with Gasteiger partial charge in [0.25, 0.3) is 0 Å². The Morgan fingerprint density at radius 3 is 2.74 bits per heavy atom. The summed E-state index contributed by atoms with van der Waals surface area (Å²) < 4.78 is 29.0. The van der Waals surface area contributed by atoms with Crippen molar-refractivity contribution in [3.05, 3.63) is 53.7 Å². The summed E-state index contributed by atoms with van der Waals surface area (Å²) in [5.74, 6) is 1.27. The van der Waals surface area contributed by atoms with Gasteiger partial charge >= 0.3 is 0 Å². The monoisotopic (exact) mass is 515 g/mol. The third-order valence-corrected chi connectivity index (χ3v) is 6.83. The molecule has 0 bridgehead atoms. The van der Waals surface area contributed by atoms with E-state index in [1.54, 1.807) is 18.2 Å². The second kappa shape index (κ2) is 11.2. The van der Waals surface area contributed by atoms with Gasteiger partial charge in [-0.05, 0) is 62.8 Å². The molecule has 2 atom stereocenters. The van der Waals surface area contributed by atoms with Crippen LogP contribution in [0.5, 0.6) is 5.75 Å². The third kappa shape index (κ3) is 6.02. The van der Waals surface area contributed by atoms with Crippen LogP contribution in [0.3, 0.4) is 0 Å². The minimum Gasteiger partial charge on any atom is -0.768 e. The standard InChI is InChI=1S/C24H29ClN6O3S/c1-4-34-21-13-16(31-12-11-17(15-31)30(2)3)9-10-19(21)28-24-26-14-18(25)23(29-24)27-20-7-5-6-8-22(20)35(32)33/h5-10,13-14,17H,4,11-12,15H2,1-3H3,(H,32,33)(H2,26,27,28,29)/p-1. The molecule has 2 N–H and O–H groups in total. The van der Waals surface area contributed by atoms with Gasteiger partial charge in [-0.15, -0.1) is 0 Å². The zero-order chi connectivity index (χ0) is 24.9. The van der Waals surface area contributed by atoms with Crippen LogP contribution in [0.25, 0.3) is 0 Å². The quantitative estimate of drug-likeness (QED) is 0.401. The molecule has 1 aliphatic rings. The summed E-state index contributed by atoms with van der Waals surface area (Å²) >= 11 is 3.88. The number of hydrogen-bond acceptors (Lipinski definition) is 9. The fourth-order valence-electron chi connectivity index (χ4n) is 3.96. The Bertz CT molecular complexity index is 1210. The van der Waals surface area contributed by atoms with E-state index in [0.717, 1.165) is 25.2 Å². The number of rotatable bonds is 9. The molecule has 2 unspecified atom stereocenters. The van der Waals surface area contributed by atoms with Gasteiger partial charge in [0.1, 0.15) is 10.8 Å². The van der Waals surface area contributed by atoms with Crippen LogP contribution in [-0.4, -0.2) is 63.5 Å². The fraction of sp³-hybridized carbons (Fsp3) is 0.333. The maximum absolute atomic E-state index is 11.5. The summed E-state index contributed by atoms with van der Waals surface area (Å²) in [6.07, 6.45) is 2.57. The molecule has 0 aliphatic carbocycles. The Morgan fingerprint density at radius 2 is 2.03 bits per heavy atom. The van der Waals surface area contributed by atoms with Gasteiger partial charge in [0.15, 0.2) is 5.82 Å². The molecule has 4 rings (SSSR count). The molecule has 2 heterocycles. The van der Waals surface area contributed by atoms with E-state index >= 15 is 0 Å². The van der Waals surface area contributed by atoms with E-state index in [1.165, 1.54) is 12.3 Å². The van der Waals surface area contributed by atoms with Gasteiger partial charge in [0.2, 0.25) is 5.95 Å². The largest absolute Gasteiger partial charge is 0.768 e. The number of para-hydroxylation sites is 1. The SMILES string of the molecule is CCOc1cc(N2CCC(N(C)C)C2)ccc1Nc1ncc(Cl)c(Nc2ccccc2S(=O)[O-])n1. The molecule has 0 radical (unpaired) electrons. The van der Waals surface area contributed by atoms with Crippen LogP contribution in [0.2, 0.25) is 5.02 Å². The van der Waals surface area contributed by atoms with Crippen molar-refractivity contribution < 1.29 is 13.5 Å². The van der Waals surface area contributed by atoms with Crippen molar-refractivity contribution in [2.45, 2.75) is 24.3 Å². The highest BCUT2D eigenvalue weighted by molar-refractivity contribution is 7.79. The van der Waals surface area contributed by atoms with Gasteiger partial charge in [0.05, 0.1) is 24.2 Å². The Labute approximate surface area is 212 Å². The number of halogens is 1. The summed E-state index contributed by atoms with van der Waals surface area (Å²) in [6.45, 7) is 4.41. The first-order valence-electron chi connectivity index (χ1n) is 11.3. The highest BCUT2D eigenvalue weighted by Gasteiger charge is 2.24. The lowest BCUT2D eigenvalue weighted by Gasteiger charge is -2.23. The maximum Gasteiger partial charge on any atom is 0.229 e. The van der Waals surface area contributed by atoms with Gasteiger partial charge in [-0.1, -0.05) is 23.7 Å². The summed E-state index contributed by atoms with van der Waals surface area (Å²) in [7, 11) is 4.22. The Hall–Kier alpha value is -2.92. The van der Waals surface area contributed by atoms with E-state index < -0.39 is 11.1 Å². The number of nitrogens with one attached hydrogen (secondary N) is 2. The number of likely N-dealkylation sites (N-methyl/N-ethyl adjacent to an activating group) is 1. The summed E-state index contributed by atoms with van der Waals surface area (Å²) in [6, 6.07) is 13.1. The average Bonchev–Trinajstić information content (AvgIpc) is 3.33. The summed E-state index contributed by atoms with van der Waals surface area (Å²) in [4.78, 5) is 13.5. The van der Waals surface area contributed by atoms with Crippen LogP contribution in [0, 0.1) is 0 Å². The van der Waals surface area contributed by atoms with E-state index in [0.29, 0.717) is 35.7 Å². The zero-order valence-corrected chi connectivity index (χ0v) is 21.4. The second-order valence-electron chi connectivity index (χ2n) is 8.34. The lowest BCUT2D eigenvalue weighted by Crippen LogP contribution is -2.31. The number of benzene rings is 2. The van der Waals surface area contributed by atoms with E-state index in [4.69, 9.17) is 16.3 Å².